The number of amides is 1. The molecule has 4 nitrogen and oxygen atoms in total. The van der Waals surface area contributed by atoms with E-state index in [2.05, 4.69) is 10.6 Å². The number of furan rings is 1. The summed E-state index contributed by atoms with van der Waals surface area (Å²) >= 11 is 6.12. The van der Waals surface area contributed by atoms with Gasteiger partial charge in [0.05, 0.1) is 5.02 Å². The van der Waals surface area contributed by atoms with Gasteiger partial charge in [0, 0.05) is 18.2 Å². The zero-order valence-corrected chi connectivity index (χ0v) is 14.1. The third-order valence-electron chi connectivity index (χ3n) is 3.09. The Bertz CT molecular complexity index is 614. The van der Waals surface area contributed by atoms with E-state index in [1.807, 2.05) is 32.0 Å². The van der Waals surface area contributed by atoms with Crippen LogP contribution in [0.3, 0.4) is 0 Å². The molecule has 1 heterocycles. The van der Waals surface area contributed by atoms with Gasteiger partial charge in [-0.25, -0.2) is 0 Å². The average Bonchev–Trinajstić information content (AvgIpc) is 2.95. The number of hydrogen-bond donors (Lipinski definition) is 2. The number of benzene rings is 1. The molecule has 1 atom stereocenters. The van der Waals surface area contributed by atoms with Crippen LogP contribution in [0.2, 0.25) is 5.02 Å². The minimum Gasteiger partial charge on any atom is -0.451 e. The molecule has 1 aromatic carbocycles. The van der Waals surface area contributed by atoms with Gasteiger partial charge in [-0.2, -0.15) is 0 Å². The quantitative estimate of drug-likeness (QED) is 0.840. The molecule has 0 fully saturated rings. The van der Waals surface area contributed by atoms with Gasteiger partial charge in [0.15, 0.2) is 5.76 Å². The number of nitrogens with one attached hydrogen (secondary N) is 2. The van der Waals surface area contributed by atoms with Gasteiger partial charge in [-0.15, -0.1) is 12.4 Å². The summed E-state index contributed by atoms with van der Waals surface area (Å²) in [6.07, 6.45) is 0. The van der Waals surface area contributed by atoms with Gasteiger partial charge >= 0.3 is 0 Å². The van der Waals surface area contributed by atoms with Crippen molar-refractivity contribution in [3.05, 3.63) is 47.2 Å². The normalized spacial score (nSPS) is 11.6. The van der Waals surface area contributed by atoms with E-state index in [-0.39, 0.29) is 30.1 Å². The molecule has 0 saturated heterocycles. The SMILES string of the molecule is CCN[C@H](C)CNC(=O)c1ccc(-c2ccccc2Cl)o1.Cl. The molecule has 0 aliphatic heterocycles. The first kappa shape index (κ1) is 18.6. The molecule has 1 amide bonds. The lowest BCUT2D eigenvalue weighted by molar-refractivity contribution is 0.0923. The second-order valence-corrected chi connectivity index (χ2v) is 5.22. The first-order valence-electron chi connectivity index (χ1n) is 6.98. The maximum absolute atomic E-state index is 12.0. The lowest BCUT2D eigenvalue weighted by atomic mass is 10.2. The Morgan fingerprint density at radius 1 is 1.27 bits per heavy atom. The highest BCUT2D eigenvalue weighted by Gasteiger charge is 2.14. The molecule has 1 aromatic heterocycles. The highest BCUT2D eigenvalue weighted by atomic mass is 35.5. The molecule has 22 heavy (non-hydrogen) atoms. The third kappa shape index (κ3) is 4.77. The molecule has 2 rings (SSSR count). The van der Waals surface area contributed by atoms with Gasteiger partial charge in [-0.3, -0.25) is 4.79 Å². The smallest absolute Gasteiger partial charge is 0.287 e. The van der Waals surface area contributed by atoms with Crippen LogP contribution in [0.5, 0.6) is 0 Å². The summed E-state index contributed by atoms with van der Waals surface area (Å²) in [4.78, 5) is 12.0. The van der Waals surface area contributed by atoms with Crippen molar-refractivity contribution < 1.29 is 9.21 Å². The second kappa shape index (κ2) is 8.83. The van der Waals surface area contributed by atoms with Gasteiger partial charge in [0.25, 0.3) is 5.91 Å². The Labute approximate surface area is 141 Å². The molecule has 2 N–H and O–H groups in total. The Balaban J connectivity index is 0.00000242. The minimum absolute atomic E-state index is 0. The summed E-state index contributed by atoms with van der Waals surface area (Å²) in [7, 11) is 0. The first-order chi connectivity index (χ1) is 10.1. The van der Waals surface area contributed by atoms with E-state index in [1.165, 1.54) is 0 Å². The van der Waals surface area contributed by atoms with Crippen LogP contribution in [0.25, 0.3) is 11.3 Å². The lowest BCUT2D eigenvalue weighted by Crippen LogP contribution is -2.38. The van der Waals surface area contributed by atoms with E-state index in [0.717, 1.165) is 12.1 Å². The molecular weight excluding hydrogens is 323 g/mol. The first-order valence-corrected chi connectivity index (χ1v) is 7.36. The highest BCUT2D eigenvalue weighted by Crippen LogP contribution is 2.28. The summed E-state index contributed by atoms with van der Waals surface area (Å²) in [6, 6.07) is 11.0. The van der Waals surface area contributed by atoms with Crippen LogP contribution < -0.4 is 10.6 Å². The van der Waals surface area contributed by atoms with Gasteiger partial charge in [-0.05, 0) is 37.7 Å². The monoisotopic (exact) mass is 342 g/mol. The zero-order valence-electron chi connectivity index (χ0n) is 12.6. The number of rotatable bonds is 6. The molecule has 0 bridgehead atoms. The third-order valence-corrected chi connectivity index (χ3v) is 3.42. The highest BCUT2D eigenvalue weighted by molar-refractivity contribution is 6.33. The Hall–Kier alpha value is -1.49. The minimum atomic E-state index is -0.224. The fourth-order valence-corrected chi connectivity index (χ4v) is 2.25. The van der Waals surface area contributed by atoms with E-state index in [0.29, 0.717) is 17.3 Å². The van der Waals surface area contributed by atoms with Crippen molar-refractivity contribution in [2.24, 2.45) is 0 Å². The van der Waals surface area contributed by atoms with Crippen molar-refractivity contribution >= 4 is 29.9 Å². The molecule has 0 unspecified atom stereocenters. The maximum Gasteiger partial charge on any atom is 0.287 e. The molecule has 120 valence electrons. The Kier molecular flexibility index (Phi) is 7.45. The molecule has 2 aromatic rings. The van der Waals surface area contributed by atoms with Crippen LogP contribution in [0.4, 0.5) is 0 Å². The molecule has 0 aliphatic rings. The van der Waals surface area contributed by atoms with Gasteiger partial charge in [-0.1, -0.05) is 30.7 Å². The van der Waals surface area contributed by atoms with Gasteiger partial charge in [0.1, 0.15) is 5.76 Å². The maximum atomic E-state index is 12.0. The number of carbonyl (C=O) groups excluding carboxylic acids is 1. The standard InChI is InChI=1S/C16H19ClN2O2.ClH/c1-3-18-11(2)10-19-16(20)15-9-8-14(21-15)12-6-4-5-7-13(12)17;/h4-9,11,18H,3,10H2,1-2H3,(H,19,20);1H/t11-;/m1./s1. The molecule has 6 heteroatoms. The summed E-state index contributed by atoms with van der Waals surface area (Å²) in [5.74, 6) is 0.650. The number of likely N-dealkylation sites (N-methyl/N-ethyl adjacent to an activating group) is 1. The van der Waals surface area contributed by atoms with Crippen molar-refractivity contribution in [2.45, 2.75) is 19.9 Å². The predicted octanol–water partition coefficient (Wildman–Crippen LogP) is 3.75. The predicted molar refractivity (Wildman–Crippen MR) is 91.9 cm³/mol. The van der Waals surface area contributed by atoms with Crippen LogP contribution in [0.15, 0.2) is 40.8 Å². The van der Waals surface area contributed by atoms with Crippen molar-refractivity contribution in [3.8, 4) is 11.3 Å². The summed E-state index contributed by atoms with van der Waals surface area (Å²) in [6.45, 7) is 5.46. The summed E-state index contributed by atoms with van der Waals surface area (Å²) in [5.41, 5.74) is 0.777. The van der Waals surface area contributed by atoms with Crippen LogP contribution in [0.1, 0.15) is 24.4 Å². The van der Waals surface area contributed by atoms with E-state index in [9.17, 15) is 4.79 Å². The van der Waals surface area contributed by atoms with Crippen LogP contribution >= 0.6 is 24.0 Å². The number of halogens is 2. The van der Waals surface area contributed by atoms with Crippen molar-refractivity contribution in [2.75, 3.05) is 13.1 Å². The molecule has 0 saturated carbocycles. The zero-order chi connectivity index (χ0) is 15.2. The largest absolute Gasteiger partial charge is 0.451 e. The number of hydrogen-bond acceptors (Lipinski definition) is 3. The van der Waals surface area contributed by atoms with E-state index in [1.54, 1.807) is 18.2 Å². The van der Waals surface area contributed by atoms with E-state index >= 15 is 0 Å². The van der Waals surface area contributed by atoms with Crippen molar-refractivity contribution in [1.29, 1.82) is 0 Å². The van der Waals surface area contributed by atoms with Crippen molar-refractivity contribution in [3.63, 3.8) is 0 Å². The van der Waals surface area contributed by atoms with Gasteiger partial charge < -0.3 is 15.1 Å². The second-order valence-electron chi connectivity index (χ2n) is 4.81. The van der Waals surface area contributed by atoms with Crippen molar-refractivity contribution in [1.82, 2.24) is 10.6 Å². The fourth-order valence-electron chi connectivity index (χ4n) is 2.02. The Morgan fingerprint density at radius 2 is 2.00 bits per heavy atom. The lowest BCUT2D eigenvalue weighted by Gasteiger charge is -2.12. The van der Waals surface area contributed by atoms with Crippen LogP contribution in [-0.2, 0) is 0 Å². The van der Waals surface area contributed by atoms with Crippen LogP contribution in [-0.4, -0.2) is 25.0 Å². The topological polar surface area (TPSA) is 54.3 Å². The van der Waals surface area contributed by atoms with Gasteiger partial charge in [0.2, 0.25) is 0 Å². The summed E-state index contributed by atoms with van der Waals surface area (Å²) in [5, 5.41) is 6.66. The average molecular weight is 343 g/mol. The van der Waals surface area contributed by atoms with Crippen LogP contribution in [0, 0.1) is 0 Å². The van der Waals surface area contributed by atoms with E-state index < -0.39 is 0 Å². The molecule has 0 spiro atoms. The Morgan fingerprint density at radius 3 is 2.68 bits per heavy atom. The van der Waals surface area contributed by atoms with E-state index in [4.69, 9.17) is 16.0 Å². The summed E-state index contributed by atoms with van der Waals surface area (Å²) < 4.78 is 5.59. The molecule has 0 radical (unpaired) electrons. The molecule has 0 aliphatic carbocycles. The number of carbonyl (C=O) groups is 1. The molecular formula is C16H20Cl2N2O2. The fraction of sp³-hybridized carbons (Fsp3) is 0.312.